The summed E-state index contributed by atoms with van der Waals surface area (Å²) in [4.78, 5) is 10.2. The second kappa shape index (κ2) is 21.7. The summed E-state index contributed by atoms with van der Waals surface area (Å²) in [6.07, 6.45) is 18.4. The van der Waals surface area contributed by atoms with Gasteiger partial charge in [0.15, 0.2) is 0 Å². The summed E-state index contributed by atoms with van der Waals surface area (Å²) in [6, 6.07) is 0. The van der Waals surface area contributed by atoms with Gasteiger partial charge in [0.2, 0.25) is 10.0 Å². The molecule has 0 aliphatic carbocycles. The molecule has 5 nitrogen and oxygen atoms in total. The molecule has 156 valence electrons. The monoisotopic (exact) mass is 429 g/mol. The Labute approximate surface area is 210 Å². The summed E-state index contributed by atoms with van der Waals surface area (Å²) in [5, 5.41) is 10.2. The SMILES string of the molecule is CCCCCCCCCCCCCCCCCS(=O)(=O)NCCC(=O)[O-].[K+]. The molecule has 0 rings (SSSR count). The Morgan fingerprint density at radius 2 is 1.11 bits per heavy atom. The maximum atomic E-state index is 11.6. The Morgan fingerprint density at radius 1 is 0.741 bits per heavy atom. The Kier molecular flexibility index (Phi) is 24.3. The van der Waals surface area contributed by atoms with Crippen molar-refractivity contribution >= 4 is 16.0 Å². The van der Waals surface area contributed by atoms with Crippen molar-refractivity contribution < 1.29 is 69.7 Å². The van der Waals surface area contributed by atoms with Crippen LogP contribution in [0.3, 0.4) is 0 Å². The third-order valence-electron chi connectivity index (χ3n) is 4.67. The number of carbonyl (C=O) groups excluding carboxylic acids is 1. The van der Waals surface area contributed by atoms with Gasteiger partial charge in [-0.25, -0.2) is 13.1 Å². The molecular weight excluding hydrogens is 389 g/mol. The van der Waals surface area contributed by atoms with Crippen LogP contribution in [0.4, 0.5) is 0 Å². The van der Waals surface area contributed by atoms with Gasteiger partial charge in [0, 0.05) is 18.9 Å². The molecule has 1 N–H and O–H groups in total. The maximum absolute atomic E-state index is 11.6. The summed E-state index contributed by atoms with van der Waals surface area (Å²) in [5.74, 6) is -1.15. The van der Waals surface area contributed by atoms with Crippen LogP contribution in [0.25, 0.3) is 0 Å². The van der Waals surface area contributed by atoms with E-state index in [0.717, 1.165) is 12.8 Å². The molecule has 0 aromatic heterocycles. The molecule has 0 fully saturated rings. The van der Waals surface area contributed by atoms with Crippen molar-refractivity contribution in [3.8, 4) is 0 Å². The predicted molar refractivity (Wildman–Crippen MR) is 106 cm³/mol. The number of hydrogen-bond acceptors (Lipinski definition) is 4. The quantitative estimate of drug-likeness (QED) is 0.230. The summed E-state index contributed by atoms with van der Waals surface area (Å²) in [7, 11) is -3.34. The van der Waals surface area contributed by atoms with Crippen LogP contribution < -0.4 is 61.2 Å². The summed E-state index contributed by atoms with van der Waals surface area (Å²) >= 11 is 0. The largest absolute Gasteiger partial charge is 1.00 e. The van der Waals surface area contributed by atoms with Crippen molar-refractivity contribution in [2.75, 3.05) is 12.3 Å². The van der Waals surface area contributed by atoms with Crippen LogP contribution in [0.15, 0.2) is 0 Å². The summed E-state index contributed by atoms with van der Waals surface area (Å²) in [5.41, 5.74) is 0. The van der Waals surface area contributed by atoms with E-state index in [4.69, 9.17) is 0 Å². The average Bonchev–Trinajstić information content (AvgIpc) is 2.57. The van der Waals surface area contributed by atoms with Crippen molar-refractivity contribution in [1.29, 1.82) is 0 Å². The summed E-state index contributed by atoms with van der Waals surface area (Å²) in [6.45, 7) is 2.17. The van der Waals surface area contributed by atoms with Crippen LogP contribution in [0.1, 0.15) is 110 Å². The van der Waals surface area contributed by atoms with Crippen LogP contribution in [-0.4, -0.2) is 26.7 Å². The van der Waals surface area contributed by atoms with Gasteiger partial charge in [0.05, 0.1) is 5.75 Å². The normalized spacial score (nSPS) is 11.3. The topological polar surface area (TPSA) is 86.3 Å². The molecule has 0 radical (unpaired) electrons. The van der Waals surface area contributed by atoms with Gasteiger partial charge >= 0.3 is 51.4 Å². The zero-order valence-electron chi connectivity index (χ0n) is 17.8. The molecule has 0 heterocycles. The molecular formula is C20H40KNO4S. The van der Waals surface area contributed by atoms with E-state index in [1.54, 1.807) is 0 Å². The molecule has 0 unspecified atom stereocenters. The molecule has 0 bridgehead atoms. The van der Waals surface area contributed by atoms with Gasteiger partial charge in [-0.05, 0) is 6.42 Å². The number of rotatable bonds is 20. The number of sulfonamides is 1. The van der Waals surface area contributed by atoms with Crippen molar-refractivity contribution in [2.24, 2.45) is 0 Å². The number of carbonyl (C=O) groups is 1. The first kappa shape index (κ1) is 30.2. The van der Waals surface area contributed by atoms with E-state index in [9.17, 15) is 18.3 Å². The van der Waals surface area contributed by atoms with Gasteiger partial charge in [0.25, 0.3) is 0 Å². The van der Waals surface area contributed by atoms with E-state index < -0.39 is 16.0 Å². The number of hydrogen-bond donors (Lipinski definition) is 1. The van der Waals surface area contributed by atoms with Gasteiger partial charge in [-0.1, -0.05) is 96.8 Å². The van der Waals surface area contributed by atoms with Gasteiger partial charge < -0.3 is 9.90 Å². The molecule has 0 spiro atoms. The van der Waals surface area contributed by atoms with Gasteiger partial charge in [-0.3, -0.25) is 0 Å². The number of carboxylic acids is 1. The fourth-order valence-corrected chi connectivity index (χ4v) is 4.19. The van der Waals surface area contributed by atoms with Gasteiger partial charge in [-0.15, -0.1) is 0 Å². The van der Waals surface area contributed by atoms with Crippen molar-refractivity contribution in [3.63, 3.8) is 0 Å². The van der Waals surface area contributed by atoms with Crippen LogP contribution in [0.2, 0.25) is 0 Å². The standard InChI is InChI=1S/C20H41NO4S.K/c1-2-3-4-5-6-7-8-9-10-11-12-13-14-15-16-19-26(24,25)21-18-17-20(22)23;/h21H,2-19H2,1H3,(H,22,23);/q;+1/p-1. The fraction of sp³-hybridized carbons (Fsp3) is 0.950. The Balaban J connectivity index is 0. The molecule has 0 aliphatic heterocycles. The van der Waals surface area contributed by atoms with E-state index >= 15 is 0 Å². The smallest absolute Gasteiger partial charge is 0.550 e. The zero-order valence-corrected chi connectivity index (χ0v) is 21.7. The van der Waals surface area contributed by atoms with E-state index in [1.165, 1.54) is 77.0 Å². The molecule has 0 amide bonds. The molecule has 7 heteroatoms. The van der Waals surface area contributed by atoms with E-state index in [1.807, 2.05) is 0 Å². The minimum Gasteiger partial charge on any atom is -0.550 e. The van der Waals surface area contributed by atoms with Crippen molar-refractivity contribution in [3.05, 3.63) is 0 Å². The third kappa shape index (κ3) is 25.0. The first-order chi connectivity index (χ1) is 12.5. The molecule has 0 saturated heterocycles. The van der Waals surface area contributed by atoms with Crippen LogP contribution in [0.5, 0.6) is 0 Å². The molecule has 27 heavy (non-hydrogen) atoms. The first-order valence-corrected chi connectivity index (χ1v) is 12.3. The molecule has 0 atom stereocenters. The maximum Gasteiger partial charge on any atom is 1.00 e. The Hall–Kier alpha value is 1.02. The number of unbranched alkanes of at least 4 members (excludes halogenated alkanes) is 14. The Morgan fingerprint density at radius 3 is 1.48 bits per heavy atom. The number of nitrogens with one attached hydrogen (secondary N) is 1. The minimum absolute atomic E-state index is 0. The van der Waals surface area contributed by atoms with Crippen LogP contribution in [0, 0.1) is 0 Å². The minimum atomic E-state index is -3.34. The number of aliphatic carboxylic acids is 1. The zero-order chi connectivity index (χ0) is 19.5. The predicted octanol–water partition coefficient (Wildman–Crippen LogP) is 0.921. The molecule has 0 aromatic carbocycles. The van der Waals surface area contributed by atoms with Crippen molar-refractivity contribution in [1.82, 2.24) is 4.72 Å². The van der Waals surface area contributed by atoms with Gasteiger partial charge in [-0.2, -0.15) is 0 Å². The second-order valence-electron chi connectivity index (χ2n) is 7.28. The fourth-order valence-electron chi connectivity index (χ4n) is 3.04. The Bertz CT molecular complexity index is 430. The third-order valence-corrected chi connectivity index (χ3v) is 6.14. The molecule has 0 aromatic rings. The van der Waals surface area contributed by atoms with E-state index in [2.05, 4.69) is 11.6 Å². The molecule has 0 saturated carbocycles. The first-order valence-electron chi connectivity index (χ1n) is 10.6. The molecule has 0 aliphatic rings. The van der Waals surface area contributed by atoms with Crippen LogP contribution >= 0.6 is 0 Å². The van der Waals surface area contributed by atoms with E-state index in [0.29, 0.717) is 6.42 Å². The second-order valence-corrected chi connectivity index (χ2v) is 9.21. The summed E-state index contributed by atoms with van der Waals surface area (Å²) < 4.78 is 25.5. The van der Waals surface area contributed by atoms with Gasteiger partial charge in [0.1, 0.15) is 0 Å². The van der Waals surface area contributed by atoms with E-state index in [-0.39, 0.29) is 70.1 Å². The number of carboxylic acid groups (broad SMARTS) is 1. The van der Waals surface area contributed by atoms with Crippen molar-refractivity contribution in [2.45, 2.75) is 110 Å². The van der Waals surface area contributed by atoms with Crippen LogP contribution in [-0.2, 0) is 14.8 Å². The average molecular weight is 430 g/mol.